The molecule has 0 aromatic heterocycles. The van der Waals surface area contributed by atoms with Crippen LogP contribution in [0.3, 0.4) is 0 Å². The van der Waals surface area contributed by atoms with E-state index in [0.29, 0.717) is 6.54 Å². The minimum Gasteiger partial charge on any atom is -0.495 e. The van der Waals surface area contributed by atoms with Gasteiger partial charge in [-0.1, -0.05) is 60.7 Å². The largest absolute Gasteiger partial charge is 0.495 e. The van der Waals surface area contributed by atoms with Crippen LogP contribution in [0.25, 0.3) is 0 Å². The van der Waals surface area contributed by atoms with Crippen LogP contribution in [0, 0.1) is 10.1 Å². The fourth-order valence-electron chi connectivity index (χ4n) is 4.21. The maximum absolute atomic E-state index is 14.0. The van der Waals surface area contributed by atoms with Gasteiger partial charge < -0.3 is 15.0 Å². The van der Waals surface area contributed by atoms with E-state index in [1.165, 1.54) is 24.1 Å². The quantitative estimate of drug-likeness (QED) is 0.247. The molecule has 11 nitrogen and oxygen atoms in total. The highest BCUT2D eigenvalue weighted by Gasteiger charge is 2.34. The first-order valence-corrected chi connectivity index (χ1v) is 14.3. The van der Waals surface area contributed by atoms with Crippen LogP contribution in [-0.4, -0.2) is 62.6 Å². The third-order valence-corrected chi connectivity index (χ3v) is 7.27. The predicted octanol–water partition coefficient (Wildman–Crippen LogP) is 3.15. The lowest BCUT2D eigenvalue weighted by atomic mass is 10.0. The van der Waals surface area contributed by atoms with Crippen LogP contribution in [0.15, 0.2) is 78.9 Å². The molecule has 0 saturated heterocycles. The van der Waals surface area contributed by atoms with Gasteiger partial charge in [0.1, 0.15) is 24.0 Å². The summed E-state index contributed by atoms with van der Waals surface area (Å²) in [5, 5.41) is 14.2. The van der Waals surface area contributed by atoms with Crippen LogP contribution >= 0.6 is 0 Å². The number of anilines is 1. The molecule has 2 amide bonds. The molecule has 0 aliphatic carbocycles. The molecule has 1 N–H and O–H groups in total. The molecule has 0 aliphatic heterocycles. The van der Waals surface area contributed by atoms with Crippen molar-refractivity contribution in [2.75, 3.05) is 30.8 Å². The maximum atomic E-state index is 14.0. The summed E-state index contributed by atoms with van der Waals surface area (Å²) >= 11 is 0. The van der Waals surface area contributed by atoms with Gasteiger partial charge in [-0.05, 0) is 24.1 Å². The van der Waals surface area contributed by atoms with E-state index in [2.05, 4.69) is 5.32 Å². The Morgan fingerprint density at radius 2 is 1.60 bits per heavy atom. The Morgan fingerprint density at radius 1 is 1.00 bits per heavy atom. The number of hydrogen-bond donors (Lipinski definition) is 1. The van der Waals surface area contributed by atoms with Crippen LogP contribution in [0.1, 0.15) is 18.1 Å². The Labute approximate surface area is 233 Å². The van der Waals surface area contributed by atoms with Gasteiger partial charge in [-0.2, -0.15) is 0 Å². The van der Waals surface area contributed by atoms with Crippen LogP contribution < -0.4 is 14.4 Å². The first-order valence-electron chi connectivity index (χ1n) is 12.5. The molecule has 0 radical (unpaired) electrons. The van der Waals surface area contributed by atoms with E-state index in [4.69, 9.17) is 4.74 Å². The molecule has 1 atom stereocenters. The summed E-state index contributed by atoms with van der Waals surface area (Å²) in [6.45, 7) is 1.41. The molecule has 0 spiro atoms. The lowest BCUT2D eigenvalue weighted by Gasteiger charge is -2.33. The number of non-ortho nitro benzene ring substituents is 1. The van der Waals surface area contributed by atoms with Crippen LogP contribution in [-0.2, 0) is 32.6 Å². The molecule has 12 heteroatoms. The van der Waals surface area contributed by atoms with Crippen molar-refractivity contribution in [3.63, 3.8) is 0 Å². The molecule has 0 bridgehead atoms. The summed E-state index contributed by atoms with van der Waals surface area (Å²) < 4.78 is 31.9. The van der Waals surface area contributed by atoms with Gasteiger partial charge in [0, 0.05) is 31.6 Å². The Balaban J connectivity index is 2.09. The topological polar surface area (TPSA) is 139 Å². The number of benzene rings is 3. The Bertz CT molecular complexity index is 1430. The summed E-state index contributed by atoms with van der Waals surface area (Å²) in [6, 6.07) is 20.7. The Morgan fingerprint density at radius 3 is 2.12 bits per heavy atom. The molecule has 0 fully saturated rings. The third-order valence-electron chi connectivity index (χ3n) is 6.14. The number of ether oxygens (including phenoxy) is 1. The van der Waals surface area contributed by atoms with E-state index in [-0.39, 0.29) is 30.1 Å². The number of nitrogens with one attached hydrogen (secondary N) is 1. The Hall–Kier alpha value is -4.45. The second-order valence-electron chi connectivity index (χ2n) is 8.99. The number of likely N-dealkylation sites (N-methyl/N-ethyl adjacent to an activating group) is 1. The normalized spacial score (nSPS) is 11.8. The average molecular weight is 569 g/mol. The van der Waals surface area contributed by atoms with Gasteiger partial charge in [0.2, 0.25) is 21.8 Å². The molecule has 3 aromatic carbocycles. The van der Waals surface area contributed by atoms with Gasteiger partial charge in [-0.3, -0.25) is 24.0 Å². The lowest BCUT2D eigenvalue weighted by Crippen LogP contribution is -2.53. The van der Waals surface area contributed by atoms with Gasteiger partial charge in [0.15, 0.2) is 0 Å². The van der Waals surface area contributed by atoms with E-state index in [9.17, 15) is 28.1 Å². The molecular weight excluding hydrogens is 536 g/mol. The van der Waals surface area contributed by atoms with Crippen molar-refractivity contribution in [1.82, 2.24) is 10.2 Å². The third kappa shape index (κ3) is 7.79. The fraction of sp³-hybridized carbons (Fsp3) is 0.286. The smallest absolute Gasteiger partial charge is 0.271 e. The van der Waals surface area contributed by atoms with Crippen molar-refractivity contribution in [3.05, 3.63) is 100 Å². The van der Waals surface area contributed by atoms with E-state index >= 15 is 0 Å². The number of carbonyl (C=O) groups is 2. The number of nitrogens with zero attached hydrogens (tertiary/aromatic N) is 3. The van der Waals surface area contributed by atoms with Gasteiger partial charge in [-0.15, -0.1) is 0 Å². The molecule has 0 saturated carbocycles. The number of nitro benzene ring substituents is 1. The molecule has 212 valence electrons. The molecule has 40 heavy (non-hydrogen) atoms. The highest BCUT2D eigenvalue weighted by atomic mass is 32.2. The molecule has 0 aliphatic rings. The minimum atomic E-state index is -4.13. The van der Waals surface area contributed by atoms with Crippen LogP contribution in [0.5, 0.6) is 5.75 Å². The van der Waals surface area contributed by atoms with Gasteiger partial charge >= 0.3 is 0 Å². The number of hydrogen-bond acceptors (Lipinski definition) is 7. The summed E-state index contributed by atoms with van der Waals surface area (Å²) in [5.74, 6) is -1.03. The number of rotatable bonds is 13. The first-order chi connectivity index (χ1) is 19.0. The standard InChI is InChI=1S/C28H32N4O7S/c1-4-29-28(34)25(17-21-11-7-5-8-12-21)30(19-22-13-9-6-10-14-22)27(33)20-31(40(3,37)38)24-18-23(32(35)36)15-16-26(24)39-2/h5-16,18,25H,4,17,19-20H2,1-3H3,(H,29,34)/t25-/m0/s1. The predicted molar refractivity (Wildman–Crippen MR) is 151 cm³/mol. The highest BCUT2D eigenvalue weighted by Crippen LogP contribution is 2.34. The lowest BCUT2D eigenvalue weighted by molar-refractivity contribution is -0.384. The maximum Gasteiger partial charge on any atom is 0.271 e. The van der Waals surface area contributed by atoms with Gasteiger partial charge in [-0.25, -0.2) is 8.42 Å². The Kier molecular flexibility index (Phi) is 10.2. The highest BCUT2D eigenvalue weighted by molar-refractivity contribution is 7.92. The van der Waals surface area contributed by atoms with E-state index in [1.54, 1.807) is 31.2 Å². The van der Waals surface area contributed by atoms with Gasteiger partial charge in [0.25, 0.3) is 5.69 Å². The number of amides is 2. The fourth-order valence-corrected chi connectivity index (χ4v) is 5.05. The molecule has 0 heterocycles. The van der Waals surface area contributed by atoms with E-state index < -0.39 is 39.3 Å². The molecule has 3 aromatic rings. The summed E-state index contributed by atoms with van der Waals surface area (Å²) in [4.78, 5) is 39.4. The van der Waals surface area contributed by atoms with E-state index in [1.807, 2.05) is 36.4 Å². The van der Waals surface area contributed by atoms with Crippen molar-refractivity contribution >= 4 is 33.2 Å². The SMILES string of the molecule is CCNC(=O)[C@H](Cc1ccccc1)N(Cc1ccccc1)C(=O)CN(c1cc([N+](=O)[O-])ccc1OC)S(C)(=O)=O. The minimum absolute atomic E-state index is 0.0258. The summed E-state index contributed by atoms with van der Waals surface area (Å²) in [5.41, 5.74) is 1.01. The number of nitro groups is 1. The van der Waals surface area contributed by atoms with Crippen LogP contribution in [0.4, 0.5) is 11.4 Å². The number of carbonyl (C=O) groups excluding carboxylic acids is 2. The van der Waals surface area contributed by atoms with Crippen molar-refractivity contribution in [2.24, 2.45) is 0 Å². The van der Waals surface area contributed by atoms with Crippen LogP contribution in [0.2, 0.25) is 0 Å². The summed E-state index contributed by atoms with van der Waals surface area (Å²) in [7, 11) is -2.84. The monoisotopic (exact) mass is 568 g/mol. The first kappa shape index (κ1) is 30.1. The van der Waals surface area contributed by atoms with Crippen molar-refractivity contribution in [1.29, 1.82) is 0 Å². The zero-order valence-corrected chi connectivity index (χ0v) is 23.3. The van der Waals surface area contributed by atoms with E-state index in [0.717, 1.165) is 27.8 Å². The number of methoxy groups -OCH3 is 1. The van der Waals surface area contributed by atoms with Crippen molar-refractivity contribution in [3.8, 4) is 5.75 Å². The second kappa shape index (κ2) is 13.6. The van der Waals surface area contributed by atoms with Crippen molar-refractivity contribution in [2.45, 2.75) is 25.9 Å². The van der Waals surface area contributed by atoms with Gasteiger partial charge in [0.05, 0.1) is 18.3 Å². The number of sulfonamides is 1. The average Bonchev–Trinajstić information content (AvgIpc) is 2.93. The van der Waals surface area contributed by atoms with Crippen molar-refractivity contribution < 1.29 is 27.7 Å². The molecule has 0 unspecified atom stereocenters. The summed E-state index contributed by atoms with van der Waals surface area (Å²) in [6.07, 6.45) is 1.08. The zero-order chi connectivity index (χ0) is 29.3. The second-order valence-corrected chi connectivity index (χ2v) is 10.9. The molecular formula is C28H32N4O7S. The molecule has 3 rings (SSSR count). The zero-order valence-electron chi connectivity index (χ0n) is 22.5.